The average molecular weight is 521 g/mol. The van der Waals surface area contributed by atoms with Gasteiger partial charge in [0.25, 0.3) is 11.6 Å². The number of hydrogen-bond donors (Lipinski definition) is 1. The third-order valence-electron chi connectivity index (χ3n) is 6.02. The van der Waals surface area contributed by atoms with Crippen LogP contribution in [0.3, 0.4) is 0 Å². The van der Waals surface area contributed by atoms with E-state index in [4.69, 9.17) is 0 Å². The van der Waals surface area contributed by atoms with Crippen LogP contribution >= 0.6 is 22.7 Å². The SMILES string of the molecule is Cc1cc(C)c2nc(N3C(=O)C(O)=C(C(=O)c4sc(C)nc4C)C3c3ccccc3[N+](=O)[O-])sc2c1. The second-order valence-electron chi connectivity index (χ2n) is 8.56. The first-order valence-electron chi connectivity index (χ1n) is 10.9. The van der Waals surface area contributed by atoms with Crippen LogP contribution in [0, 0.1) is 37.8 Å². The molecule has 1 unspecified atom stereocenters. The summed E-state index contributed by atoms with van der Waals surface area (Å²) in [6.45, 7) is 7.28. The van der Waals surface area contributed by atoms with E-state index in [9.17, 15) is 24.8 Å². The lowest BCUT2D eigenvalue weighted by Crippen LogP contribution is -2.31. The summed E-state index contributed by atoms with van der Waals surface area (Å²) in [4.78, 5) is 49.0. The van der Waals surface area contributed by atoms with Crippen molar-refractivity contribution in [3.8, 4) is 0 Å². The molecule has 0 aliphatic carbocycles. The number of nitrogens with zero attached hydrogens (tertiary/aromatic N) is 4. The number of para-hydroxylation sites is 1. The van der Waals surface area contributed by atoms with E-state index in [-0.39, 0.29) is 26.8 Å². The highest BCUT2D eigenvalue weighted by Gasteiger charge is 2.48. The van der Waals surface area contributed by atoms with Crippen LogP contribution in [-0.4, -0.2) is 31.7 Å². The number of aliphatic hydroxyl groups excluding tert-OH is 1. The largest absolute Gasteiger partial charge is 0.503 e. The smallest absolute Gasteiger partial charge is 0.296 e. The topological polar surface area (TPSA) is 127 Å². The molecule has 0 radical (unpaired) electrons. The zero-order valence-electron chi connectivity index (χ0n) is 19.7. The van der Waals surface area contributed by atoms with E-state index in [1.54, 1.807) is 19.9 Å². The molecule has 2 aromatic carbocycles. The molecule has 0 spiro atoms. The molecule has 0 saturated carbocycles. The van der Waals surface area contributed by atoms with E-state index < -0.39 is 28.4 Å². The normalized spacial score (nSPS) is 15.8. The number of Topliss-reactive ketones (excluding diaryl/α,β-unsaturated/α-hetero) is 1. The Kier molecular flexibility index (Phi) is 5.68. The van der Waals surface area contributed by atoms with Gasteiger partial charge in [-0.15, -0.1) is 11.3 Å². The number of aliphatic hydroxyl groups is 1. The fourth-order valence-corrected chi connectivity index (χ4v) is 6.58. The predicted octanol–water partition coefficient (Wildman–Crippen LogP) is 5.68. The molecule has 3 heterocycles. The molecule has 4 aromatic rings. The van der Waals surface area contributed by atoms with Gasteiger partial charge in [0.15, 0.2) is 10.9 Å². The minimum Gasteiger partial charge on any atom is -0.503 e. The molecule has 1 amide bonds. The highest BCUT2D eigenvalue weighted by atomic mass is 32.1. The third kappa shape index (κ3) is 3.67. The lowest BCUT2D eigenvalue weighted by atomic mass is 9.94. The molecule has 9 nitrogen and oxygen atoms in total. The van der Waals surface area contributed by atoms with Gasteiger partial charge >= 0.3 is 0 Å². The second-order valence-corrected chi connectivity index (χ2v) is 10.8. The summed E-state index contributed by atoms with van der Waals surface area (Å²) in [5, 5.41) is 23.8. The molecule has 2 aromatic heterocycles. The highest BCUT2D eigenvalue weighted by Crippen LogP contribution is 2.47. The van der Waals surface area contributed by atoms with Crippen LogP contribution in [0.5, 0.6) is 0 Å². The van der Waals surface area contributed by atoms with Gasteiger partial charge in [0.2, 0.25) is 5.78 Å². The average Bonchev–Trinajstić information content (AvgIpc) is 3.47. The number of thiazole rings is 2. The minimum atomic E-state index is -1.24. The number of fused-ring (bicyclic) bond motifs is 1. The van der Waals surface area contributed by atoms with Crippen LogP contribution in [0.2, 0.25) is 0 Å². The molecule has 1 atom stereocenters. The lowest BCUT2D eigenvalue weighted by Gasteiger charge is -2.24. The fourth-order valence-electron chi connectivity index (χ4n) is 4.54. The number of aryl methyl sites for hydroxylation is 4. The minimum absolute atomic E-state index is 0.106. The number of anilines is 1. The number of carbonyl (C=O) groups excluding carboxylic acids is 2. The van der Waals surface area contributed by atoms with Gasteiger partial charge in [0.1, 0.15) is 6.04 Å². The number of carbonyl (C=O) groups is 2. The summed E-state index contributed by atoms with van der Waals surface area (Å²) in [6, 6.07) is 8.57. The van der Waals surface area contributed by atoms with Gasteiger partial charge in [-0.3, -0.25) is 24.6 Å². The molecular weight excluding hydrogens is 500 g/mol. The zero-order chi connectivity index (χ0) is 25.9. The van der Waals surface area contributed by atoms with E-state index in [1.807, 2.05) is 26.0 Å². The number of amides is 1. The van der Waals surface area contributed by atoms with Crippen LogP contribution in [0.15, 0.2) is 47.7 Å². The number of ketones is 1. The maximum atomic E-state index is 13.7. The number of benzene rings is 2. The van der Waals surface area contributed by atoms with E-state index in [2.05, 4.69) is 9.97 Å². The summed E-state index contributed by atoms with van der Waals surface area (Å²) in [7, 11) is 0. The van der Waals surface area contributed by atoms with Crippen LogP contribution in [-0.2, 0) is 4.79 Å². The van der Waals surface area contributed by atoms with Gasteiger partial charge in [0.05, 0.1) is 41.9 Å². The van der Waals surface area contributed by atoms with E-state index in [1.165, 1.54) is 34.4 Å². The Labute approximate surface area is 213 Å². The Balaban J connectivity index is 1.76. The molecule has 11 heteroatoms. The van der Waals surface area contributed by atoms with Gasteiger partial charge in [-0.1, -0.05) is 29.5 Å². The molecule has 1 N–H and O–H groups in total. The van der Waals surface area contributed by atoms with Crippen LogP contribution in [0.1, 0.15) is 43.1 Å². The number of nitro groups is 1. The van der Waals surface area contributed by atoms with Crippen molar-refractivity contribution >= 4 is 55.4 Å². The maximum absolute atomic E-state index is 13.7. The summed E-state index contributed by atoms with van der Waals surface area (Å²) in [5.41, 5.74) is 2.67. The summed E-state index contributed by atoms with van der Waals surface area (Å²) < 4.78 is 0.824. The number of rotatable bonds is 5. The third-order valence-corrected chi connectivity index (χ3v) is 8.09. The number of hydrogen-bond acceptors (Lipinski definition) is 9. The van der Waals surface area contributed by atoms with Crippen molar-refractivity contribution in [2.75, 3.05) is 4.90 Å². The van der Waals surface area contributed by atoms with Crippen molar-refractivity contribution in [1.29, 1.82) is 0 Å². The Hall–Kier alpha value is -3.96. The molecule has 0 bridgehead atoms. The molecule has 1 aliphatic rings. The van der Waals surface area contributed by atoms with Gasteiger partial charge < -0.3 is 5.11 Å². The monoisotopic (exact) mass is 520 g/mol. The van der Waals surface area contributed by atoms with Crippen molar-refractivity contribution in [2.45, 2.75) is 33.7 Å². The van der Waals surface area contributed by atoms with Crippen LogP contribution in [0.25, 0.3) is 10.2 Å². The molecule has 1 aliphatic heterocycles. The van der Waals surface area contributed by atoms with E-state index in [0.29, 0.717) is 16.2 Å². The standard InChI is InChI=1S/C25H20N4O5S2/c1-11-9-12(2)19-17(10-11)36-25(27-19)28-20(15-7-5-6-8-16(15)29(33)34)18(22(31)24(28)32)21(30)23-13(3)26-14(4)35-23/h5-10,20,31H,1-4H3. The van der Waals surface area contributed by atoms with Crippen LogP contribution < -0.4 is 4.90 Å². The Morgan fingerprint density at radius 1 is 1.11 bits per heavy atom. The summed E-state index contributed by atoms with van der Waals surface area (Å²) in [5.74, 6) is -2.18. The highest BCUT2D eigenvalue weighted by molar-refractivity contribution is 7.22. The Bertz CT molecular complexity index is 1630. The number of aromatic nitrogens is 2. The molecule has 182 valence electrons. The number of nitro benzene ring substituents is 1. The predicted molar refractivity (Wildman–Crippen MR) is 138 cm³/mol. The van der Waals surface area contributed by atoms with Crippen molar-refractivity contribution in [1.82, 2.24) is 9.97 Å². The lowest BCUT2D eigenvalue weighted by molar-refractivity contribution is -0.385. The van der Waals surface area contributed by atoms with Gasteiger partial charge in [0, 0.05) is 6.07 Å². The molecule has 0 fully saturated rings. The first kappa shape index (κ1) is 23.8. The molecule has 36 heavy (non-hydrogen) atoms. The van der Waals surface area contributed by atoms with Crippen molar-refractivity contribution in [3.63, 3.8) is 0 Å². The maximum Gasteiger partial charge on any atom is 0.296 e. The van der Waals surface area contributed by atoms with Gasteiger partial charge in [-0.25, -0.2) is 9.97 Å². The quantitative estimate of drug-likeness (QED) is 0.204. The summed E-state index contributed by atoms with van der Waals surface area (Å²) >= 11 is 2.37. The molecule has 0 saturated heterocycles. The summed E-state index contributed by atoms with van der Waals surface area (Å²) in [6.07, 6.45) is 0. The van der Waals surface area contributed by atoms with Crippen molar-refractivity contribution < 1.29 is 19.6 Å². The molecular formula is C25H20N4O5S2. The first-order valence-corrected chi connectivity index (χ1v) is 12.6. The van der Waals surface area contributed by atoms with E-state index in [0.717, 1.165) is 27.2 Å². The van der Waals surface area contributed by atoms with Crippen LogP contribution in [0.4, 0.5) is 10.8 Å². The van der Waals surface area contributed by atoms with Crippen molar-refractivity contribution in [2.24, 2.45) is 0 Å². The fraction of sp³-hybridized carbons (Fsp3) is 0.200. The van der Waals surface area contributed by atoms with E-state index >= 15 is 0 Å². The first-order chi connectivity index (χ1) is 17.1. The second kappa shape index (κ2) is 8.61. The van der Waals surface area contributed by atoms with Gasteiger partial charge in [-0.2, -0.15) is 0 Å². The Morgan fingerprint density at radius 3 is 2.50 bits per heavy atom. The van der Waals surface area contributed by atoms with Crippen molar-refractivity contribution in [3.05, 3.63) is 90.1 Å². The zero-order valence-corrected chi connectivity index (χ0v) is 21.4. The van der Waals surface area contributed by atoms with Gasteiger partial charge in [-0.05, 0) is 51.0 Å². The molecule has 5 rings (SSSR count). The Morgan fingerprint density at radius 2 is 1.83 bits per heavy atom.